The summed E-state index contributed by atoms with van der Waals surface area (Å²) >= 11 is 0. The van der Waals surface area contributed by atoms with Crippen LogP contribution in [0.25, 0.3) is 0 Å². The number of imidazole rings is 1. The highest BCUT2D eigenvalue weighted by Gasteiger charge is 1.94. The molecule has 0 aliphatic heterocycles. The Morgan fingerprint density at radius 2 is 2.56 bits per heavy atom. The van der Waals surface area contributed by atoms with Gasteiger partial charge in [-0.1, -0.05) is 0 Å². The third kappa shape index (κ3) is 1.22. The summed E-state index contributed by atoms with van der Waals surface area (Å²) < 4.78 is 6.97. The first-order valence-electron chi connectivity index (χ1n) is 2.94. The third-order valence-electron chi connectivity index (χ3n) is 1.05. The molecule has 0 unspecified atom stereocenters. The molecule has 0 aromatic carbocycles. The predicted octanol–water partition coefficient (Wildman–Crippen LogP) is 0.819. The molecule has 0 saturated carbocycles. The highest BCUT2D eigenvalue weighted by molar-refractivity contribution is 4.96. The maximum absolute atomic E-state index is 5.13. The van der Waals surface area contributed by atoms with E-state index in [0.29, 0.717) is 12.6 Å². The minimum absolute atomic E-state index is 0.671. The molecule has 0 aliphatic carbocycles. The van der Waals surface area contributed by atoms with Crippen LogP contribution in [-0.2, 0) is 7.05 Å². The van der Waals surface area contributed by atoms with E-state index in [-0.39, 0.29) is 0 Å². The fourth-order valence-electron chi connectivity index (χ4n) is 0.620. The van der Waals surface area contributed by atoms with Crippen molar-refractivity contribution in [3.63, 3.8) is 0 Å². The Bertz CT molecular complexity index is 183. The van der Waals surface area contributed by atoms with Crippen LogP contribution in [0.5, 0.6) is 6.01 Å². The van der Waals surface area contributed by atoms with E-state index < -0.39 is 0 Å². The molecule has 50 valence electrons. The number of nitrogens with zero attached hydrogens (tertiary/aromatic N) is 2. The van der Waals surface area contributed by atoms with E-state index in [0.717, 1.165) is 0 Å². The zero-order chi connectivity index (χ0) is 6.69. The summed E-state index contributed by atoms with van der Waals surface area (Å²) in [5, 5.41) is 0. The molecule has 0 bridgehead atoms. The molecule has 0 radical (unpaired) electrons. The Labute approximate surface area is 54.3 Å². The lowest BCUT2D eigenvalue weighted by molar-refractivity contribution is 0.302. The molecule has 1 heterocycles. The second-order valence-electron chi connectivity index (χ2n) is 1.75. The summed E-state index contributed by atoms with van der Waals surface area (Å²) in [5.41, 5.74) is 0. The highest BCUT2D eigenvalue weighted by atomic mass is 16.5. The second kappa shape index (κ2) is 2.53. The summed E-state index contributed by atoms with van der Waals surface area (Å²) in [7, 11) is 1.90. The van der Waals surface area contributed by atoms with Gasteiger partial charge in [-0.2, -0.15) is 0 Å². The molecule has 1 rings (SSSR count). The van der Waals surface area contributed by atoms with Gasteiger partial charge in [0.2, 0.25) is 0 Å². The van der Waals surface area contributed by atoms with Gasteiger partial charge < -0.3 is 9.30 Å². The van der Waals surface area contributed by atoms with Crippen LogP contribution in [0.4, 0.5) is 0 Å². The normalized spacial score (nSPS) is 9.56. The van der Waals surface area contributed by atoms with Gasteiger partial charge in [0.25, 0.3) is 6.01 Å². The fraction of sp³-hybridized carbons (Fsp3) is 0.500. The Hall–Kier alpha value is -0.990. The Morgan fingerprint density at radius 1 is 1.78 bits per heavy atom. The lowest BCUT2D eigenvalue weighted by Crippen LogP contribution is -1.97. The van der Waals surface area contributed by atoms with E-state index in [1.165, 1.54) is 0 Å². The van der Waals surface area contributed by atoms with Crippen LogP contribution >= 0.6 is 0 Å². The van der Waals surface area contributed by atoms with Gasteiger partial charge in [-0.15, -0.1) is 0 Å². The number of aryl methyl sites for hydroxylation is 1. The second-order valence-corrected chi connectivity index (χ2v) is 1.75. The molecule has 0 N–H and O–H groups in total. The molecule has 1 aromatic rings. The summed E-state index contributed by atoms with van der Waals surface area (Å²) in [6, 6.07) is 0.678. The van der Waals surface area contributed by atoms with Crippen molar-refractivity contribution in [1.29, 1.82) is 0 Å². The fourth-order valence-corrected chi connectivity index (χ4v) is 0.620. The van der Waals surface area contributed by atoms with Crippen molar-refractivity contribution in [2.45, 2.75) is 6.92 Å². The molecular weight excluding hydrogens is 116 g/mol. The minimum atomic E-state index is 0.671. The molecule has 9 heavy (non-hydrogen) atoms. The lowest BCUT2D eigenvalue weighted by Gasteiger charge is -1.99. The van der Waals surface area contributed by atoms with E-state index in [1.54, 1.807) is 6.20 Å². The lowest BCUT2D eigenvalue weighted by atomic mass is 10.8. The number of hydrogen-bond acceptors (Lipinski definition) is 2. The van der Waals surface area contributed by atoms with Gasteiger partial charge in [0.05, 0.1) is 6.61 Å². The van der Waals surface area contributed by atoms with Crippen LogP contribution in [0.2, 0.25) is 0 Å². The number of hydrogen-bond donors (Lipinski definition) is 0. The van der Waals surface area contributed by atoms with Crippen molar-refractivity contribution in [3.05, 3.63) is 12.4 Å². The van der Waals surface area contributed by atoms with E-state index in [4.69, 9.17) is 4.74 Å². The van der Waals surface area contributed by atoms with Crippen molar-refractivity contribution >= 4 is 0 Å². The average molecular weight is 126 g/mol. The van der Waals surface area contributed by atoms with Crippen LogP contribution in [-0.4, -0.2) is 16.2 Å². The topological polar surface area (TPSA) is 27.1 Å². The van der Waals surface area contributed by atoms with E-state index in [1.807, 2.05) is 24.7 Å². The molecular formula is C6H10N2O. The number of ether oxygens (including phenoxy) is 1. The van der Waals surface area contributed by atoms with Crippen molar-refractivity contribution in [2.24, 2.45) is 7.05 Å². The van der Waals surface area contributed by atoms with Gasteiger partial charge in [0.15, 0.2) is 0 Å². The summed E-state index contributed by atoms with van der Waals surface area (Å²) in [6.07, 6.45) is 3.57. The zero-order valence-electron chi connectivity index (χ0n) is 5.66. The van der Waals surface area contributed by atoms with Crippen LogP contribution in [0, 0.1) is 0 Å². The van der Waals surface area contributed by atoms with Gasteiger partial charge in [-0.05, 0) is 6.92 Å². The van der Waals surface area contributed by atoms with Crippen molar-refractivity contribution < 1.29 is 4.74 Å². The van der Waals surface area contributed by atoms with Crippen molar-refractivity contribution in [1.82, 2.24) is 9.55 Å². The number of rotatable bonds is 2. The molecule has 0 atom stereocenters. The van der Waals surface area contributed by atoms with E-state index in [9.17, 15) is 0 Å². The van der Waals surface area contributed by atoms with Crippen molar-refractivity contribution in [3.8, 4) is 6.01 Å². The smallest absolute Gasteiger partial charge is 0.295 e. The molecule has 0 aliphatic rings. The van der Waals surface area contributed by atoms with Gasteiger partial charge >= 0.3 is 0 Å². The minimum Gasteiger partial charge on any atom is -0.465 e. The standard InChI is InChI=1S/C6H10N2O/c1-3-9-6-7-4-5-8(6)2/h4-5H,3H2,1-2H3. The maximum Gasteiger partial charge on any atom is 0.295 e. The summed E-state index contributed by atoms with van der Waals surface area (Å²) in [5.74, 6) is 0. The van der Waals surface area contributed by atoms with Gasteiger partial charge in [-0.25, -0.2) is 4.98 Å². The highest BCUT2D eigenvalue weighted by Crippen LogP contribution is 2.02. The molecule has 0 amide bonds. The van der Waals surface area contributed by atoms with Crippen LogP contribution < -0.4 is 4.74 Å². The molecule has 0 fully saturated rings. The third-order valence-corrected chi connectivity index (χ3v) is 1.05. The number of aromatic nitrogens is 2. The SMILES string of the molecule is CCOc1nccn1C. The van der Waals surface area contributed by atoms with Crippen LogP contribution in [0.15, 0.2) is 12.4 Å². The maximum atomic E-state index is 5.13. The Balaban J connectivity index is 2.69. The summed E-state index contributed by atoms with van der Waals surface area (Å²) in [4.78, 5) is 3.95. The Morgan fingerprint density at radius 3 is 3.00 bits per heavy atom. The quantitative estimate of drug-likeness (QED) is 0.586. The van der Waals surface area contributed by atoms with E-state index in [2.05, 4.69) is 4.98 Å². The first-order chi connectivity index (χ1) is 4.34. The molecule has 0 saturated heterocycles. The molecule has 3 nitrogen and oxygen atoms in total. The Kier molecular flexibility index (Phi) is 1.72. The first-order valence-corrected chi connectivity index (χ1v) is 2.94. The van der Waals surface area contributed by atoms with Gasteiger partial charge in [0.1, 0.15) is 0 Å². The van der Waals surface area contributed by atoms with Crippen LogP contribution in [0.3, 0.4) is 0 Å². The molecule has 3 heteroatoms. The predicted molar refractivity (Wildman–Crippen MR) is 34.4 cm³/mol. The van der Waals surface area contributed by atoms with Gasteiger partial charge in [-0.3, -0.25) is 0 Å². The van der Waals surface area contributed by atoms with Crippen LogP contribution in [0.1, 0.15) is 6.92 Å². The van der Waals surface area contributed by atoms with Crippen molar-refractivity contribution in [2.75, 3.05) is 6.61 Å². The largest absolute Gasteiger partial charge is 0.465 e. The van der Waals surface area contributed by atoms with Gasteiger partial charge in [0, 0.05) is 19.4 Å². The molecule has 0 spiro atoms. The first kappa shape index (κ1) is 6.13. The summed E-state index contributed by atoms with van der Waals surface area (Å²) in [6.45, 7) is 2.61. The monoisotopic (exact) mass is 126 g/mol. The molecule has 1 aromatic heterocycles. The average Bonchev–Trinajstić information content (AvgIpc) is 2.18. The zero-order valence-corrected chi connectivity index (χ0v) is 5.66. The van der Waals surface area contributed by atoms with E-state index >= 15 is 0 Å².